The molecule has 0 aliphatic carbocycles. The molecule has 4 rings (SSSR count). The lowest BCUT2D eigenvalue weighted by molar-refractivity contribution is -0.0498. The summed E-state index contributed by atoms with van der Waals surface area (Å²) < 4.78 is 28.9. The van der Waals surface area contributed by atoms with Crippen molar-refractivity contribution >= 4 is 33.4 Å². The van der Waals surface area contributed by atoms with Crippen LogP contribution in [0.4, 0.5) is 13.9 Å². The summed E-state index contributed by atoms with van der Waals surface area (Å²) >= 11 is 1.23. The first-order valence-electron chi connectivity index (χ1n) is 8.76. The summed E-state index contributed by atoms with van der Waals surface area (Å²) in [5.74, 6) is -0.513. The predicted molar refractivity (Wildman–Crippen MR) is 110 cm³/mol. The van der Waals surface area contributed by atoms with E-state index in [0.29, 0.717) is 16.4 Å². The first kappa shape index (κ1) is 20.3. The normalized spacial score (nSPS) is 11.1. The number of aryl methyl sites for hydroxylation is 1. The molecule has 0 saturated carbocycles. The molecule has 3 N–H and O–H groups in total. The molecule has 1 amide bonds. The van der Waals surface area contributed by atoms with Gasteiger partial charge >= 0.3 is 12.3 Å². The monoisotopic (exact) mass is 445 g/mol. The summed E-state index contributed by atoms with van der Waals surface area (Å²) in [6, 6.07) is 7.30. The number of thiazole rings is 1. The number of benzene rings is 1. The van der Waals surface area contributed by atoms with E-state index in [1.165, 1.54) is 35.7 Å². The lowest BCUT2D eigenvalue weighted by Gasteiger charge is -2.05. The van der Waals surface area contributed by atoms with Crippen molar-refractivity contribution in [1.82, 2.24) is 19.9 Å². The molecule has 0 saturated heterocycles. The summed E-state index contributed by atoms with van der Waals surface area (Å²) in [5, 5.41) is 3.01. The zero-order chi connectivity index (χ0) is 22.1. The van der Waals surface area contributed by atoms with Crippen LogP contribution in [0.2, 0.25) is 0 Å². The van der Waals surface area contributed by atoms with Crippen molar-refractivity contribution < 1.29 is 18.3 Å². The van der Waals surface area contributed by atoms with Crippen LogP contribution < -0.4 is 21.3 Å². The summed E-state index contributed by atoms with van der Waals surface area (Å²) in [7, 11) is 0. The summed E-state index contributed by atoms with van der Waals surface area (Å²) in [6.45, 7) is -1.10. The molecule has 4 aromatic rings. The van der Waals surface area contributed by atoms with Crippen molar-refractivity contribution in [3.8, 4) is 17.0 Å². The zero-order valence-corrected chi connectivity index (χ0v) is 16.5. The third kappa shape index (κ3) is 4.33. The van der Waals surface area contributed by atoms with Gasteiger partial charge in [-0.1, -0.05) is 0 Å². The molecule has 0 atom stereocenters. The largest absolute Gasteiger partial charge is 0.435 e. The number of halogens is 2. The standard InChI is InChI=1S/C19H13F2N5O4S/c1-8-13(9-2-4-11(5-3-9)30-17(20)21)23-19(31-8)26-15(27)10-6-12-14(22-7-10)24-18(29)25-16(12)28/h2-7,17H,1H3,(H,23,26,27)(H2,22,24,25,28,29). The summed E-state index contributed by atoms with van der Waals surface area (Å²) in [4.78, 5) is 49.4. The molecular weight excluding hydrogens is 432 g/mol. The predicted octanol–water partition coefficient (Wildman–Crippen LogP) is 2.90. The van der Waals surface area contributed by atoms with E-state index in [0.717, 1.165) is 4.88 Å². The number of carbonyl (C=O) groups excluding carboxylic acids is 1. The van der Waals surface area contributed by atoms with Crippen molar-refractivity contribution in [3.05, 3.63) is 67.8 Å². The Morgan fingerprint density at radius 1 is 1.19 bits per heavy atom. The van der Waals surface area contributed by atoms with E-state index >= 15 is 0 Å². The second-order valence-electron chi connectivity index (χ2n) is 6.31. The highest BCUT2D eigenvalue weighted by Gasteiger charge is 2.15. The third-order valence-electron chi connectivity index (χ3n) is 4.22. The Morgan fingerprint density at radius 2 is 1.94 bits per heavy atom. The maximum atomic E-state index is 12.6. The highest BCUT2D eigenvalue weighted by Crippen LogP contribution is 2.31. The van der Waals surface area contributed by atoms with Gasteiger partial charge in [0.05, 0.1) is 16.6 Å². The number of hydrogen-bond acceptors (Lipinski definition) is 7. The number of pyridine rings is 1. The van der Waals surface area contributed by atoms with Crippen molar-refractivity contribution in [2.75, 3.05) is 5.32 Å². The Balaban J connectivity index is 1.56. The Bertz CT molecular complexity index is 1400. The van der Waals surface area contributed by atoms with Gasteiger partial charge in [-0.3, -0.25) is 24.9 Å². The number of amides is 1. The van der Waals surface area contributed by atoms with Crippen LogP contribution in [0, 0.1) is 6.92 Å². The molecule has 3 aromatic heterocycles. The topological polar surface area (TPSA) is 130 Å². The number of ether oxygens (including phenoxy) is 1. The number of anilines is 1. The second-order valence-corrected chi connectivity index (χ2v) is 7.51. The van der Waals surface area contributed by atoms with Crippen molar-refractivity contribution in [1.29, 1.82) is 0 Å². The molecule has 0 fully saturated rings. The van der Waals surface area contributed by atoms with Crippen molar-refractivity contribution in [2.24, 2.45) is 0 Å². The van der Waals surface area contributed by atoms with Gasteiger partial charge in [0.2, 0.25) is 0 Å². The number of fused-ring (bicyclic) bond motifs is 1. The van der Waals surface area contributed by atoms with Gasteiger partial charge in [0, 0.05) is 16.6 Å². The molecule has 9 nitrogen and oxygen atoms in total. The molecule has 0 bridgehead atoms. The highest BCUT2D eigenvalue weighted by atomic mass is 32.1. The molecule has 0 aliphatic rings. The molecule has 31 heavy (non-hydrogen) atoms. The van der Waals surface area contributed by atoms with Gasteiger partial charge in [-0.15, -0.1) is 11.3 Å². The van der Waals surface area contributed by atoms with Gasteiger partial charge in [-0.05, 0) is 37.3 Å². The van der Waals surface area contributed by atoms with Crippen LogP contribution in [0.1, 0.15) is 15.2 Å². The lowest BCUT2D eigenvalue weighted by atomic mass is 10.1. The van der Waals surface area contributed by atoms with Gasteiger partial charge in [0.25, 0.3) is 11.5 Å². The Labute approximate surface area is 175 Å². The Hall–Kier alpha value is -3.93. The SMILES string of the molecule is Cc1sc(NC(=O)c2cnc3[nH]c(=O)[nH]c(=O)c3c2)nc1-c1ccc(OC(F)F)cc1. The van der Waals surface area contributed by atoms with E-state index in [-0.39, 0.29) is 22.3 Å². The highest BCUT2D eigenvalue weighted by molar-refractivity contribution is 7.16. The molecule has 158 valence electrons. The average molecular weight is 445 g/mol. The maximum Gasteiger partial charge on any atom is 0.387 e. The number of aromatic nitrogens is 4. The quantitative estimate of drug-likeness (QED) is 0.433. The van der Waals surface area contributed by atoms with Crippen LogP contribution >= 0.6 is 11.3 Å². The van der Waals surface area contributed by atoms with E-state index in [1.54, 1.807) is 19.1 Å². The van der Waals surface area contributed by atoms with Crippen molar-refractivity contribution in [2.45, 2.75) is 13.5 Å². The van der Waals surface area contributed by atoms with E-state index in [2.05, 4.69) is 30.0 Å². The summed E-state index contributed by atoms with van der Waals surface area (Å²) in [5.41, 5.74) is 0.0625. The number of nitrogens with zero attached hydrogens (tertiary/aromatic N) is 2. The number of hydrogen-bond donors (Lipinski definition) is 3. The first-order valence-corrected chi connectivity index (χ1v) is 9.58. The molecule has 0 unspecified atom stereocenters. The van der Waals surface area contributed by atoms with Gasteiger partial charge in [-0.2, -0.15) is 8.78 Å². The fraction of sp³-hybridized carbons (Fsp3) is 0.105. The Kier molecular flexibility index (Phi) is 5.29. The number of rotatable bonds is 5. The molecule has 3 heterocycles. The fourth-order valence-corrected chi connectivity index (χ4v) is 3.68. The molecule has 0 radical (unpaired) electrons. The number of nitrogens with one attached hydrogen (secondary N) is 3. The maximum absolute atomic E-state index is 12.6. The van der Waals surface area contributed by atoms with Crippen LogP contribution in [0.3, 0.4) is 0 Å². The fourth-order valence-electron chi connectivity index (χ4n) is 2.85. The van der Waals surface area contributed by atoms with Crippen LogP contribution in [0.25, 0.3) is 22.3 Å². The second kappa shape index (κ2) is 8.07. The van der Waals surface area contributed by atoms with Gasteiger partial charge in [-0.25, -0.2) is 14.8 Å². The lowest BCUT2D eigenvalue weighted by Crippen LogP contribution is -2.23. The molecule has 0 aliphatic heterocycles. The molecule has 12 heteroatoms. The Morgan fingerprint density at radius 3 is 2.65 bits per heavy atom. The van der Waals surface area contributed by atoms with Crippen LogP contribution in [-0.4, -0.2) is 32.5 Å². The number of carbonyl (C=O) groups is 1. The first-order chi connectivity index (χ1) is 14.8. The molecule has 0 spiro atoms. The minimum atomic E-state index is -2.91. The minimum Gasteiger partial charge on any atom is -0.435 e. The van der Waals surface area contributed by atoms with E-state index < -0.39 is 23.8 Å². The number of aromatic amines is 2. The van der Waals surface area contributed by atoms with Crippen LogP contribution in [-0.2, 0) is 0 Å². The van der Waals surface area contributed by atoms with Crippen LogP contribution in [0.5, 0.6) is 5.75 Å². The average Bonchev–Trinajstić information content (AvgIpc) is 3.07. The zero-order valence-electron chi connectivity index (χ0n) is 15.7. The number of H-pyrrole nitrogens is 2. The van der Waals surface area contributed by atoms with E-state index in [9.17, 15) is 23.2 Å². The third-order valence-corrected chi connectivity index (χ3v) is 5.11. The minimum absolute atomic E-state index is 0.0281. The molecule has 1 aromatic carbocycles. The van der Waals surface area contributed by atoms with E-state index in [1.807, 2.05) is 0 Å². The smallest absolute Gasteiger partial charge is 0.387 e. The summed E-state index contributed by atoms with van der Waals surface area (Å²) in [6.07, 6.45) is 1.23. The van der Waals surface area contributed by atoms with Crippen molar-refractivity contribution in [3.63, 3.8) is 0 Å². The van der Waals surface area contributed by atoms with Gasteiger partial charge in [0.15, 0.2) is 5.13 Å². The van der Waals surface area contributed by atoms with Gasteiger partial charge < -0.3 is 4.74 Å². The van der Waals surface area contributed by atoms with Crippen LogP contribution in [0.15, 0.2) is 46.1 Å². The van der Waals surface area contributed by atoms with E-state index in [4.69, 9.17) is 0 Å². The van der Waals surface area contributed by atoms with Gasteiger partial charge in [0.1, 0.15) is 11.4 Å². The molecular formula is C19H13F2N5O4S. The number of alkyl halides is 2.